The molecule has 2 aromatic heterocycles. The molecule has 29 heavy (non-hydrogen) atoms. The van der Waals surface area contributed by atoms with Gasteiger partial charge in [0.25, 0.3) is 5.78 Å². The van der Waals surface area contributed by atoms with Gasteiger partial charge in [-0.25, -0.2) is 9.50 Å². The Morgan fingerprint density at radius 1 is 0.966 bits per heavy atom. The molecule has 1 amide bonds. The number of nitrogens with one attached hydrogen (secondary N) is 1. The Bertz CT molecular complexity index is 1210. The lowest BCUT2D eigenvalue weighted by molar-refractivity contribution is -0.115. The molecule has 0 aliphatic carbocycles. The van der Waals surface area contributed by atoms with Crippen molar-refractivity contribution in [3.05, 3.63) is 76.6 Å². The molecule has 0 bridgehead atoms. The number of hydrogen-bond donors (Lipinski definition) is 1. The molecule has 6 nitrogen and oxygen atoms in total. The van der Waals surface area contributed by atoms with E-state index in [0.29, 0.717) is 11.6 Å². The Morgan fingerprint density at radius 3 is 2.48 bits per heavy atom. The molecule has 0 aliphatic heterocycles. The zero-order valence-electron chi connectivity index (χ0n) is 17.0. The molecule has 0 saturated heterocycles. The quantitative estimate of drug-likeness (QED) is 0.571. The Labute approximate surface area is 169 Å². The molecule has 6 heteroatoms. The predicted octanol–water partition coefficient (Wildman–Crippen LogP) is 4.21. The molecule has 0 saturated carbocycles. The van der Waals surface area contributed by atoms with Crippen molar-refractivity contribution in [2.75, 3.05) is 5.32 Å². The van der Waals surface area contributed by atoms with Crippen molar-refractivity contribution in [1.82, 2.24) is 19.6 Å². The van der Waals surface area contributed by atoms with E-state index in [4.69, 9.17) is 0 Å². The first-order valence-electron chi connectivity index (χ1n) is 9.58. The van der Waals surface area contributed by atoms with Gasteiger partial charge in [-0.3, -0.25) is 4.79 Å². The summed E-state index contributed by atoms with van der Waals surface area (Å²) >= 11 is 0. The zero-order chi connectivity index (χ0) is 20.5. The average molecular weight is 385 g/mol. The highest BCUT2D eigenvalue weighted by molar-refractivity contribution is 5.93. The lowest BCUT2D eigenvalue weighted by atomic mass is 10.1. The third-order valence-electron chi connectivity index (χ3n) is 5.30. The predicted molar refractivity (Wildman–Crippen MR) is 114 cm³/mol. The van der Waals surface area contributed by atoms with E-state index >= 15 is 0 Å². The Hall–Kier alpha value is -3.54. The van der Waals surface area contributed by atoms with E-state index in [1.807, 2.05) is 76.2 Å². The summed E-state index contributed by atoms with van der Waals surface area (Å²) in [6.07, 6.45) is 0.231. The maximum Gasteiger partial charge on any atom is 0.253 e. The summed E-state index contributed by atoms with van der Waals surface area (Å²) in [6, 6.07) is 15.7. The van der Waals surface area contributed by atoms with Crippen LogP contribution in [0.4, 0.5) is 5.69 Å². The lowest BCUT2D eigenvalue weighted by Crippen LogP contribution is -2.18. The Balaban J connectivity index is 1.65. The molecular formula is C23H23N5O. The minimum absolute atomic E-state index is 0.0746. The van der Waals surface area contributed by atoms with Gasteiger partial charge in [-0.05, 0) is 44.9 Å². The van der Waals surface area contributed by atoms with Gasteiger partial charge in [-0.15, -0.1) is 5.10 Å². The van der Waals surface area contributed by atoms with Crippen LogP contribution in [-0.4, -0.2) is 25.5 Å². The maximum absolute atomic E-state index is 12.7. The topological polar surface area (TPSA) is 72.2 Å². The van der Waals surface area contributed by atoms with E-state index in [1.165, 1.54) is 0 Å². The summed E-state index contributed by atoms with van der Waals surface area (Å²) in [6.45, 7) is 7.90. The van der Waals surface area contributed by atoms with Crippen molar-refractivity contribution in [2.24, 2.45) is 0 Å². The molecule has 0 fully saturated rings. The molecule has 4 aromatic rings. The summed E-state index contributed by atoms with van der Waals surface area (Å²) in [5.74, 6) is 1.09. The lowest BCUT2D eigenvalue weighted by Gasteiger charge is -2.13. The van der Waals surface area contributed by atoms with Crippen molar-refractivity contribution in [3.63, 3.8) is 0 Å². The number of amides is 1. The monoisotopic (exact) mass is 385 g/mol. The fourth-order valence-corrected chi connectivity index (χ4v) is 3.42. The molecule has 0 atom stereocenters. The summed E-state index contributed by atoms with van der Waals surface area (Å²) < 4.78 is 1.72. The van der Waals surface area contributed by atoms with E-state index in [9.17, 15) is 4.79 Å². The van der Waals surface area contributed by atoms with Crippen LogP contribution in [0.5, 0.6) is 0 Å². The third-order valence-corrected chi connectivity index (χ3v) is 5.30. The van der Waals surface area contributed by atoms with Crippen LogP contribution in [0.25, 0.3) is 17.2 Å². The van der Waals surface area contributed by atoms with Crippen LogP contribution >= 0.6 is 0 Å². The van der Waals surface area contributed by atoms with Gasteiger partial charge in [0.2, 0.25) is 5.91 Å². The second-order valence-corrected chi connectivity index (χ2v) is 7.25. The summed E-state index contributed by atoms with van der Waals surface area (Å²) in [5.41, 5.74) is 6.53. The van der Waals surface area contributed by atoms with Crippen LogP contribution in [0.1, 0.15) is 28.1 Å². The van der Waals surface area contributed by atoms with Gasteiger partial charge in [0, 0.05) is 28.2 Å². The highest BCUT2D eigenvalue weighted by Crippen LogP contribution is 2.21. The van der Waals surface area contributed by atoms with E-state index in [-0.39, 0.29) is 12.3 Å². The Kier molecular flexibility index (Phi) is 4.84. The summed E-state index contributed by atoms with van der Waals surface area (Å²) in [5, 5.41) is 7.63. The number of rotatable bonds is 4. The molecule has 0 spiro atoms. The number of hydrogen-bond acceptors (Lipinski definition) is 4. The van der Waals surface area contributed by atoms with Gasteiger partial charge < -0.3 is 5.32 Å². The van der Waals surface area contributed by atoms with Crippen LogP contribution in [-0.2, 0) is 11.2 Å². The number of benzene rings is 2. The van der Waals surface area contributed by atoms with Crippen molar-refractivity contribution in [3.8, 4) is 11.4 Å². The van der Waals surface area contributed by atoms with E-state index in [2.05, 4.69) is 20.4 Å². The zero-order valence-corrected chi connectivity index (χ0v) is 17.0. The fourth-order valence-electron chi connectivity index (χ4n) is 3.42. The first kappa shape index (κ1) is 18.8. The van der Waals surface area contributed by atoms with Crippen LogP contribution in [0, 0.1) is 27.7 Å². The minimum atomic E-state index is -0.0746. The molecule has 2 aromatic carbocycles. The Morgan fingerprint density at radius 2 is 1.72 bits per heavy atom. The first-order valence-corrected chi connectivity index (χ1v) is 9.58. The SMILES string of the molecule is Cc1cccc(NC(=O)Cc2c(C)nc3nc(-c4ccccc4)nn3c2C)c1C. The van der Waals surface area contributed by atoms with Gasteiger partial charge in [0.15, 0.2) is 5.82 Å². The van der Waals surface area contributed by atoms with Crippen molar-refractivity contribution < 1.29 is 4.79 Å². The second kappa shape index (κ2) is 7.47. The van der Waals surface area contributed by atoms with Gasteiger partial charge in [-0.1, -0.05) is 42.5 Å². The average Bonchev–Trinajstić information content (AvgIpc) is 3.13. The molecule has 146 valence electrons. The number of carbonyl (C=O) groups excluding carboxylic acids is 1. The molecule has 0 unspecified atom stereocenters. The van der Waals surface area contributed by atoms with Gasteiger partial charge in [0.1, 0.15) is 0 Å². The van der Waals surface area contributed by atoms with Gasteiger partial charge >= 0.3 is 0 Å². The molecule has 0 aliphatic rings. The number of anilines is 1. The maximum atomic E-state index is 12.7. The summed E-state index contributed by atoms with van der Waals surface area (Å²) in [4.78, 5) is 21.9. The largest absolute Gasteiger partial charge is 0.326 e. The number of aromatic nitrogens is 4. The molecule has 4 rings (SSSR count). The van der Waals surface area contributed by atoms with Crippen molar-refractivity contribution in [1.29, 1.82) is 0 Å². The van der Waals surface area contributed by atoms with E-state index < -0.39 is 0 Å². The number of carbonyl (C=O) groups is 1. The van der Waals surface area contributed by atoms with Crippen molar-refractivity contribution in [2.45, 2.75) is 34.1 Å². The van der Waals surface area contributed by atoms with Gasteiger partial charge in [-0.2, -0.15) is 4.98 Å². The van der Waals surface area contributed by atoms with Crippen LogP contribution in [0.2, 0.25) is 0 Å². The van der Waals surface area contributed by atoms with E-state index in [0.717, 1.165) is 39.3 Å². The molecule has 0 radical (unpaired) electrons. The molecule has 2 heterocycles. The highest BCUT2D eigenvalue weighted by atomic mass is 16.1. The number of aryl methyl sites for hydroxylation is 3. The third kappa shape index (κ3) is 3.61. The minimum Gasteiger partial charge on any atom is -0.326 e. The number of fused-ring (bicyclic) bond motifs is 1. The smallest absolute Gasteiger partial charge is 0.253 e. The first-order chi connectivity index (χ1) is 13.9. The second-order valence-electron chi connectivity index (χ2n) is 7.25. The normalized spacial score (nSPS) is 11.0. The van der Waals surface area contributed by atoms with Gasteiger partial charge in [0.05, 0.1) is 6.42 Å². The van der Waals surface area contributed by atoms with Crippen LogP contribution < -0.4 is 5.32 Å². The van der Waals surface area contributed by atoms with E-state index in [1.54, 1.807) is 4.52 Å². The molecular weight excluding hydrogens is 362 g/mol. The number of nitrogens with zero attached hydrogens (tertiary/aromatic N) is 4. The fraction of sp³-hybridized carbons (Fsp3) is 0.217. The molecule has 1 N–H and O–H groups in total. The van der Waals surface area contributed by atoms with Crippen molar-refractivity contribution >= 4 is 17.4 Å². The van der Waals surface area contributed by atoms with Crippen LogP contribution in [0.15, 0.2) is 48.5 Å². The summed E-state index contributed by atoms with van der Waals surface area (Å²) in [7, 11) is 0. The highest BCUT2D eigenvalue weighted by Gasteiger charge is 2.17. The van der Waals surface area contributed by atoms with Crippen LogP contribution in [0.3, 0.4) is 0 Å². The standard InChI is InChI=1S/C23H23N5O/c1-14-9-8-12-20(15(14)2)25-21(29)13-19-16(3)24-23-26-22(27-28(23)17(19)4)18-10-6-5-7-11-18/h5-12H,13H2,1-4H3,(H,25,29).